The van der Waals surface area contributed by atoms with Crippen LogP contribution in [0.5, 0.6) is 5.75 Å². The Balaban J connectivity index is 1.32. The molecule has 0 atom stereocenters. The number of anilines is 3. The van der Waals surface area contributed by atoms with Crippen molar-refractivity contribution in [2.24, 2.45) is 0 Å². The van der Waals surface area contributed by atoms with Crippen LogP contribution in [0.25, 0.3) is 0 Å². The number of aryl methyl sites for hydroxylation is 2. The van der Waals surface area contributed by atoms with Crippen LogP contribution in [0.3, 0.4) is 0 Å². The molecule has 1 fully saturated rings. The maximum absolute atomic E-state index is 12.5. The van der Waals surface area contributed by atoms with E-state index in [-0.39, 0.29) is 11.7 Å². The summed E-state index contributed by atoms with van der Waals surface area (Å²) in [5, 5.41) is 3.52. The first-order valence-corrected chi connectivity index (χ1v) is 12.6. The van der Waals surface area contributed by atoms with Crippen molar-refractivity contribution in [2.75, 3.05) is 53.7 Å². The number of thioether (sulfide) groups is 1. The Morgan fingerprint density at radius 1 is 1.06 bits per heavy atom. The van der Waals surface area contributed by atoms with Crippen LogP contribution in [-0.4, -0.2) is 54.4 Å². The summed E-state index contributed by atoms with van der Waals surface area (Å²) in [5.74, 6) is 1.68. The fraction of sp³-hybridized carbons (Fsp3) is 0.346. The lowest BCUT2D eigenvalue weighted by Crippen LogP contribution is -2.47. The minimum Gasteiger partial charge on any atom is -0.492 e. The number of rotatable bonds is 8. The van der Waals surface area contributed by atoms with E-state index in [0.717, 1.165) is 32.0 Å². The zero-order valence-electron chi connectivity index (χ0n) is 20.0. The average Bonchev–Trinajstić information content (AvgIpc) is 2.86. The van der Waals surface area contributed by atoms with Crippen molar-refractivity contribution in [3.05, 3.63) is 65.9 Å². The van der Waals surface area contributed by atoms with Gasteiger partial charge in [-0.1, -0.05) is 36.0 Å². The quantitative estimate of drug-likeness (QED) is 0.377. The molecule has 0 radical (unpaired) electrons. The predicted molar refractivity (Wildman–Crippen MR) is 139 cm³/mol. The molecule has 0 unspecified atom stereocenters. The molecule has 0 aliphatic carbocycles. The lowest BCUT2D eigenvalue weighted by atomic mass is 10.1. The fourth-order valence-electron chi connectivity index (χ4n) is 3.98. The van der Waals surface area contributed by atoms with Gasteiger partial charge in [0.05, 0.1) is 18.0 Å². The molecule has 1 amide bonds. The van der Waals surface area contributed by atoms with E-state index in [1.807, 2.05) is 37.3 Å². The molecule has 3 aromatic rings. The highest BCUT2D eigenvalue weighted by molar-refractivity contribution is 7.99. The van der Waals surface area contributed by atoms with E-state index in [4.69, 9.17) is 9.72 Å². The van der Waals surface area contributed by atoms with Crippen LogP contribution in [0, 0.1) is 13.8 Å². The van der Waals surface area contributed by atoms with E-state index in [0.29, 0.717) is 23.2 Å². The summed E-state index contributed by atoms with van der Waals surface area (Å²) in [6.45, 7) is 10.4. The highest BCUT2D eigenvalue weighted by Gasteiger charge is 2.20. The van der Waals surface area contributed by atoms with E-state index in [1.165, 1.54) is 28.6 Å². The Kier molecular flexibility index (Phi) is 7.90. The number of nitrogens with one attached hydrogen (secondary N) is 1. The largest absolute Gasteiger partial charge is 0.492 e. The zero-order chi connectivity index (χ0) is 23.9. The van der Waals surface area contributed by atoms with Gasteiger partial charge in [-0.25, -0.2) is 9.97 Å². The van der Waals surface area contributed by atoms with Crippen molar-refractivity contribution in [2.45, 2.75) is 25.9 Å². The second kappa shape index (κ2) is 11.2. The van der Waals surface area contributed by atoms with Crippen LogP contribution in [0.2, 0.25) is 0 Å². The third-order valence-corrected chi connectivity index (χ3v) is 6.58. The molecule has 7 nitrogen and oxygen atoms in total. The molecule has 0 spiro atoms. The summed E-state index contributed by atoms with van der Waals surface area (Å²) in [7, 11) is 0. The lowest BCUT2D eigenvalue weighted by molar-refractivity contribution is -0.113. The Morgan fingerprint density at radius 3 is 2.62 bits per heavy atom. The second-order valence-corrected chi connectivity index (χ2v) is 9.17. The van der Waals surface area contributed by atoms with Gasteiger partial charge in [0.1, 0.15) is 11.6 Å². The molecule has 0 bridgehead atoms. The fourth-order valence-corrected chi connectivity index (χ4v) is 4.61. The van der Waals surface area contributed by atoms with Gasteiger partial charge in [0.15, 0.2) is 5.16 Å². The summed E-state index contributed by atoms with van der Waals surface area (Å²) in [6.07, 6.45) is 1.77. The zero-order valence-corrected chi connectivity index (χ0v) is 20.8. The number of benzene rings is 2. The molecule has 1 N–H and O–H groups in total. The lowest BCUT2D eigenvalue weighted by Gasteiger charge is -2.37. The molecule has 4 rings (SSSR count). The SMILES string of the molecule is CCOc1ccccc1NC(=O)CSc1nccc(N2CCN(c3cc(C)ccc3C)CC2)n1. The van der Waals surface area contributed by atoms with Gasteiger partial charge in [0, 0.05) is 38.1 Å². The number of ether oxygens (including phenoxy) is 1. The first-order valence-electron chi connectivity index (χ1n) is 11.6. The van der Waals surface area contributed by atoms with Gasteiger partial charge in [-0.15, -0.1) is 0 Å². The van der Waals surface area contributed by atoms with E-state index >= 15 is 0 Å². The van der Waals surface area contributed by atoms with Crippen LogP contribution < -0.4 is 19.9 Å². The monoisotopic (exact) mass is 477 g/mol. The number of carbonyl (C=O) groups excluding carboxylic acids is 1. The number of hydrogen-bond acceptors (Lipinski definition) is 7. The Morgan fingerprint density at radius 2 is 1.82 bits per heavy atom. The van der Waals surface area contributed by atoms with Crippen molar-refractivity contribution < 1.29 is 9.53 Å². The highest BCUT2D eigenvalue weighted by Crippen LogP contribution is 2.26. The first kappa shape index (κ1) is 23.9. The molecule has 1 aromatic heterocycles. The molecule has 0 saturated carbocycles. The first-order chi connectivity index (χ1) is 16.5. The Labute approximate surface area is 205 Å². The predicted octanol–water partition coefficient (Wildman–Crippen LogP) is 4.55. The molecule has 34 heavy (non-hydrogen) atoms. The van der Waals surface area contributed by atoms with Crippen LogP contribution in [0.1, 0.15) is 18.1 Å². The van der Waals surface area contributed by atoms with Crippen molar-refractivity contribution in [3.8, 4) is 5.75 Å². The van der Waals surface area contributed by atoms with Crippen molar-refractivity contribution in [3.63, 3.8) is 0 Å². The van der Waals surface area contributed by atoms with E-state index in [2.05, 4.69) is 52.1 Å². The number of nitrogens with zero attached hydrogens (tertiary/aromatic N) is 4. The molecule has 178 valence electrons. The number of amides is 1. The second-order valence-electron chi connectivity index (χ2n) is 8.23. The van der Waals surface area contributed by atoms with Crippen molar-refractivity contribution >= 4 is 34.9 Å². The van der Waals surface area contributed by atoms with E-state index in [9.17, 15) is 4.79 Å². The third-order valence-electron chi connectivity index (χ3n) is 5.72. The van der Waals surface area contributed by atoms with Gasteiger partial charge >= 0.3 is 0 Å². The maximum Gasteiger partial charge on any atom is 0.234 e. The molecule has 1 saturated heterocycles. The number of aromatic nitrogens is 2. The molecular formula is C26H31N5O2S. The molecule has 2 heterocycles. The summed E-state index contributed by atoms with van der Waals surface area (Å²) in [4.78, 5) is 26.3. The van der Waals surface area contributed by atoms with Gasteiger partial charge in [-0.2, -0.15) is 0 Å². The van der Waals surface area contributed by atoms with Gasteiger partial charge in [-0.05, 0) is 56.2 Å². The summed E-state index contributed by atoms with van der Waals surface area (Å²) >= 11 is 1.33. The highest BCUT2D eigenvalue weighted by atomic mass is 32.2. The van der Waals surface area contributed by atoms with E-state index < -0.39 is 0 Å². The normalized spacial score (nSPS) is 13.6. The minimum atomic E-state index is -0.117. The van der Waals surface area contributed by atoms with Crippen LogP contribution in [-0.2, 0) is 4.79 Å². The van der Waals surface area contributed by atoms with Crippen molar-refractivity contribution in [1.82, 2.24) is 9.97 Å². The van der Waals surface area contributed by atoms with Gasteiger partial charge in [0.2, 0.25) is 5.91 Å². The topological polar surface area (TPSA) is 70.6 Å². The van der Waals surface area contributed by atoms with Crippen LogP contribution >= 0.6 is 11.8 Å². The maximum atomic E-state index is 12.5. The minimum absolute atomic E-state index is 0.117. The van der Waals surface area contributed by atoms with E-state index in [1.54, 1.807) is 6.20 Å². The number of carbonyl (C=O) groups is 1. The number of piperazine rings is 1. The summed E-state index contributed by atoms with van der Waals surface area (Å²) in [6, 6.07) is 16.0. The average molecular weight is 478 g/mol. The van der Waals surface area contributed by atoms with Gasteiger partial charge in [-0.3, -0.25) is 4.79 Å². The smallest absolute Gasteiger partial charge is 0.234 e. The van der Waals surface area contributed by atoms with Gasteiger partial charge in [0.25, 0.3) is 0 Å². The number of para-hydroxylation sites is 2. The molecule has 8 heteroatoms. The summed E-state index contributed by atoms with van der Waals surface area (Å²) < 4.78 is 5.58. The standard InChI is InChI=1S/C26H31N5O2S/c1-4-33-23-8-6-5-7-21(23)28-25(32)18-34-26-27-12-11-24(29-26)31-15-13-30(14-16-31)22-17-19(2)9-10-20(22)3/h5-12,17H,4,13-16,18H2,1-3H3,(H,28,32). The Hall–Kier alpha value is -3.26. The summed E-state index contributed by atoms with van der Waals surface area (Å²) in [5.41, 5.74) is 4.58. The molecular weight excluding hydrogens is 446 g/mol. The number of hydrogen-bond donors (Lipinski definition) is 1. The molecule has 2 aromatic carbocycles. The Bertz CT molecular complexity index is 1130. The van der Waals surface area contributed by atoms with Crippen LogP contribution in [0.15, 0.2) is 59.9 Å². The van der Waals surface area contributed by atoms with Gasteiger partial charge < -0.3 is 19.9 Å². The molecule has 1 aliphatic heterocycles. The van der Waals surface area contributed by atoms with Crippen molar-refractivity contribution in [1.29, 1.82) is 0 Å². The van der Waals surface area contributed by atoms with Crippen LogP contribution in [0.4, 0.5) is 17.2 Å². The molecule has 1 aliphatic rings. The third kappa shape index (κ3) is 5.99.